The average molecular weight is 1300 g/mol. The topological polar surface area (TPSA) is 13.0 Å². The van der Waals surface area contributed by atoms with Crippen molar-refractivity contribution >= 4 is 144 Å². The summed E-state index contributed by atoms with van der Waals surface area (Å²) in [6.45, 7) is 37.1. The second-order valence-corrected chi connectivity index (χ2v) is 28.8. The molecule has 0 spiro atoms. The summed E-state index contributed by atoms with van der Waals surface area (Å²) in [4.78, 5) is 10.7. The number of rotatable bonds is 12. The van der Waals surface area contributed by atoms with Crippen LogP contribution < -0.4 is 19.6 Å². The van der Waals surface area contributed by atoms with E-state index in [1.807, 2.05) is 0 Å². The molecule has 0 aliphatic heterocycles. The van der Waals surface area contributed by atoms with Crippen LogP contribution >= 0.6 is 0 Å². The summed E-state index contributed by atoms with van der Waals surface area (Å²) in [5.41, 5.74) is 33.2. The van der Waals surface area contributed by atoms with Crippen LogP contribution in [0.1, 0.15) is 89.0 Å². The van der Waals surface area contributed by atoms with Gasteiger partial charge < -0.3 is 19.6 Å². The minimum absolute atomic E-state index is 1.11. The minimum atomic E-state index is 1.11. The van der Waals surface area contributed by atoms with E-state index in [0.29, 0.717) is 0 Å². The number of para-hydroxylation sites is 4. The first-order valence-corrected chi connectivity index (χ1v) is 35.5. The van der Waals surface area contributed by atoms with Crippen molar-refractivity contribution in [1.82, 2.24) is 0 Å². The molecule has 0 aliphatic carbocycles. The van der Waals surface area contributed by atoms with Crippen LogP contribution in [0.2, 0.25) is 0 Å². The third-order valence-electron chi connectivity index (χ3n) is 22.2. The van der Waals surface area contributed by atoms with Crippen LogP contribution in [-0.2, 0) is 0 Å². The van der Waals surface area contributed by atoms with Gasteiger partial charge in [-0.25, -0.2) is 0 Å². The van der Waals surface area contributed by atoms with E-state index in [-0.39, 0.29) is 0 Å². The summed E-state index contributed by atoms with van der Waals surface area (Å²) in [5.74, 6) is 0. The molecule has 0 heterocycles. The number of nitrogens with zero attached hydrogens (tertiary/aromatic N) is 4. The Morgan fingerprint density at radius 3 is 0.550 bits per heavy atom. The molecule has 16 rings (SSSR count). The number of aryl methyl sites for hydroxylation is 16. The van der Waals surface area contributed by atoms with Crippen LogP contribution in [0, 0.1) is 111 Å². The second kappa shape index (κ2) is 24.4. The van der Waals surface area contributed by atoms with Crippen molar-refractivity contribution in [3.63, 3.8) is 0 Å². The Balaban J connectivity index is 1.18. The molecule has 490 valence electrons. The summed E-state index contributed by atoms with van der Waals surface area (Å²) < 4.78 is 0. The van der Waals surface area contributed by atoms with E-state index >= 15 is 0 Å². The summed E-state index contributed by atoms with van der Waals surface area (Å²) in [5, 5.41) is 16.9. The van der Waals surface area contributed by atoms with Crippen molar-refractivity contribution in [2.75, 3.05) is 19.6 Å². The number of hydrogen-bond donors (Lipinski definition) is 0. The fourth-order valence-electron chi connectivity index (χ4n) is 17.8. The molecule has 16 aromatic carbocycles. The van der Waals surface area contributed by atoms with Crippen LogP contribution in [0.25, 0.3) is 75.4 Å². The maximum absolute atomic E-state index is 2.68. The van der Waals surface area contributed by atoms with Gasteiger partial charge >= 0.3 is 0 Å². The van der Waals surface area contributed by atoms with Crippen LogP contribution in [-0.4, -0.2) is 0 Å². The first-order valence-electron chi connectivity index (χ1n) is 35.5. The van der Waals surface area contributed by atoms with Gasteiger partial charge in [0.15, 0.2) is 0 Å². The van der Waals surface area contributed by atoms with Gasteiger partial charge in [-0.05, 0) is 279 Å². The Bertz CT molecular complexity index is 5270. The summed E-state index contributed by atoms with van der Waals surface area (Å²) >= 11 is 0. The van der Waals surface area contributed by atoms with Crippen LogP contribution in [0.5, 0.6) is 0 Å². The van der Waals surface area contributed by atoms with E-state index in [0.717, 1.165) is 44.3 Å². The van der Waals surface area contributed by atoms with Gasteiger partial charge in [0.05, 0.1) is 68.2 Å². The molecule has 0 fully saturated rings. The van der Waals surface area contributed by atoms with E-state index < -0.39 is 0 Å². The Morgan fingerprint density at radius 1 is 0.160 bits per heavy atom. The highest BCUT2D eigenvalue weighted by atomic mass is 15.2. The largest absolute Gasteiger partial charge is 0.309 e. The molecule has 0 aromatic heterocycles. The predicted molar refractivity (Wildman–Crippen MR) is 435 cm³/mol. The van der Waals surface area contributed by atoms with Crippen molar-refractivity contribution in [2.24, 2.45) is 0 Å². The molecule has 0 aliphatic rings. The summed E-state index contributed by atoms with van der Waals surface area (Å²) in [7, 11) is 0. The van der Waals surface area contributed by atoms with Crippen LogP contribution in [0.4, 0.5) is 68.2 Å². The smallest absolute Gasteiger partial charge is 0.0562 e. The van der Waals surface area contributed by atoms with Crippen LogP contribution in [0.3, 0.4) is 0 Å². The lowest BCUT2D eigenvalue weighted by Gasteiger charge is -2.38. The Labute approximate surface area is 590 Å². The molecule has 4 heteroatoms. The number of hydrogen-bond acceptors (Lipinski definition) is 4. The van der Waals surface area contributed by atoms with Gasteiger partial charge in [0.25, 0.3) is 0 Å². The Morgan fingerprint density at radius 2 is 0.350 bits per heavy atom. The van der Waals surface area contributed by atoms with Crippen molar-refractivity contribution in [1.29, 1.82) is 0 Å². The van der Waals surface area contributed by atoms with Gasteiger partial charge in [0.2, 0.25) is 0 Å². The van der Waals surface area contributed by atoms with E-state index in [1.165, 1.54) is 188 Å². The van der Waals surface area contributed by atoms with Crippen molar-refractivity contribution in [2.45, 2.75) is 111 Å². The molecule has 0 N–H and O–H groups in total. The normalized spacial score (nSPS) is 11.8. The third kappa shape index (κ3) is 9.84. The van der Waals surface area contributed by atoms with E-state index in [9.17, 15) is 0 Å². The summed E-state index contributed by atoms with van der Waals surface area (Å²) in [6, 6.07) is 88.0. The SMILES string of the molecule is Cc1cccc(C)c1N(c1c(C)cc2ccccc2c1C)c1cc(N(c2c(C)cccc2C)c2c(C)cc3ccccc3c2C)c2ccc3c(N(c4c(C)cccc4C)c4c(C)cc5ccccc5c4C)cc(N(c4c(C)cccc4C)c4c(C)cc5ccccc5c4C)c4ccc1c2c43. The van der Waals surface area contributed by atoms with E-state index in [4.69, 9.17) is 0 Å². The zero-order chi connectivity index (χ0) is 69.4. The fourth-order valence-corrected chi connectivity index (χ4v) is 17.8. The molecule has 16 aromatic rings. The van der Waals surface area contributed by atoms with Gasteiger partial charge in [-0.15, -0.1) is 0 Å². The van der Waals surface area contributed by atoms with Crippen molar-refractivity contribution < 1.29 is 0 Å². The Kier molecular flexibility index (Phi) is 15.5. The molecule has 100 heavy (non-hydrogen) atoms. The van der Waals surface area contributed by atoms with E-state index in [2.05, 4.69) is 361 Å². The molecule has 4 nitrogen and oxygen atoms in total. The highest BCUT2D eigenvalue weighted by Gasteiger charge is 2.35. The predicted octanol–water partition coefficient (Wildman–Crippen LogP) is 28.0. The second-order valence-electron chi connectivity index (χ2n) is 28.8. The molecular formula is C96H86N4. The van der Waals surface area contributed by atoms with Gasteiger partial charge in [0, 0.05) is 32.3 Å². The molecule has 0 saturated carbocycles. The fraction of sp³-hybridized carbons (Fsp3) is 0.167. The highest BCUT2D eigenvalue weighted by molar-refractivity contribution is 6.33. The molecular weight excluding hydrogens is 1210 g/mol. The molecule has 0 amide bonds. The first kappa shape index (κ1) is 63.5. The minimum Gasteiger partial charge on any atom is -0.309 e. The zero-order valence-electron chi connectivity index (χ0n) is 60.7. The number of benzene rings is 16. The molecule has 0 bridgehead atoms. The average Bonchev–Trinajstić information content (AvgIpc) is 0.693. The number of anilines is 12. The summed E-state index contributed by atoms with van der Waals surface area (Å²) in [6.07, 6.45) is 0. The maximum atomic E-state index is 2.68. The van der Waals surface area contributed by atoms with Crippen molar-refractivity contribution in [3.8, 4) is 0 Å². The standard InChI is InChI=1S/C96H86N4/c1-55-29-25-30-56(2)89(55)97(93-63(9)49-71-37-17-21-41-75(71)67(93)13)83-53-84(98(90-57(3)31-26-32-58(90)4)94-64(10)50-72-38-18-22-42-76(72)68(94)14)80-47-48-82-86(100(92-61(7)35-28-36-62(92)8)96-66(12)52-74-40-20-24-44-78(74)70(96)16)54-85(81-46-45-79(83)87(80)88(81)82)99(91-59(5)33-27-34-60(91)6)95-65(11)51-73-39-19-23-43-77(73)69(95)15/h17-54H,1-16H3. The lowest BCUT2D eigenvalue weighted by Crippen LogP contribution is -2.20. The molecule has 0 unspecified atom stereocenters. The van der Waals surface area contributed by atoms with Crippen molar-refractivity contribution in [3.05, 3.63) is 320 Å². The molecule has 0 saturated heterocycles. The van der Waals surface area contributed by atoms with Gasteiger partial charge in [-0.3, -0.25) is 0 Å². The lowest BCUT2D eigenvalue weighted by atomic mass is 9.87. The van der Waals surface area contributed by atoms with E-state index in [1.54, 1.807) is 0 Å². The monoisotopic (exact) mass is 1290 g/mol. The van der Waals surface area contributed by atoms with Gasteiger partial charge in [-0.1, -0.05) is 194 Å². The Hall–Kier alpha value is -11.2. The van der Waals surface area contributed by atoms with Crippen LogP contribution in [0.15, 0.2) is 231 Å². The van der Waals surface area contributed by atoms with Gasteiger partial charge in [0.1, 0.15) is 0 Å². The molecule has 0 atom stereocenters. The third-order valence-corrected chi connectivity index (χ3v) is 22.2. The quantitative estimate of drug-likeness (QED) is 0.113. The first-order chi connectivity index (χ1) is 48.3. The number of fused-ring (bicyclic) bond motifs is 4. The molecule has 0 radical (unpaired) electrons. The lowest BCUT2D eigenvalue weighted by molar-refractivity contribution is 1.17. The maximum Gasteiger partial charge on any atom is 0.0562 e. The highest BCUT2D eigenvalue weighted by Crippen LogP contribution is 2.59. The zero-order valence-corrected chi connectivity index (χ0v) is 60.7. The van der Waals surface area contributed by atoms with Gasteiger partial charge in [-0.2, -0.15) is 0 Å².